The molecular weight excluding hydrogens is 348 g/mol. The van der Waals surface area contributed by atoms with Gasteiger partial charge in [-0.25, -0.2) is 4.99 Å². The standard InChI is InChI=1S/C23H30N4O/c1-3-24-23(26-18(2)21-11-5-4-6-12-21)25-16-19-9-7-10-20(15-19)17-27-14-8-13-22(27)28/h4-7,9-12,15,18H,3,8,13-14,16-17H2,1-2H3,(H2,24,25,26). The van der Waals surface area contributed by atoms with Crippen LogP contribution in [0, 0.1) is 0 Å². The van der Waals surface area contributed by atoms with Crippen molar-refractivity contribution in [1.82, 2.24) is 15.5 Å². The first-order chi connectivity index (χ1) is 13.7. The zero-order valence-corrected chi connectivity index (χ0v) is 16.8. The largest absolute Gasteiger partial charge is 0.357 e. The molecule has 2 N–H and O–H groups in total. The molecule has 1 fully saturated rings. The molecule has 148 valence electrons. The highest BCUT2D eigenvalue weighted by Gasteiger charge is 2.19. The third-order valence-electron chi connectivity index (χ3n) is 4.95. The summed E-state index contributed by atoms with van der Waals surface area (Å²) in [6, 6.07) is 18.9. The second-order valence-electron chi connectivity index (χ2n) is 7.21. The van der Waals surface area contributed by atoms with E-state index >= 15 is 0 Å². The van der Waals surface area contributed by atoms with Crippen LogP contribution < -0.4 is 10.6 Å². The van der Waals surface area contributed by atoms with Gasteiger partial charge in [-0.2, -0.15) is 0 Å². The lowest BCUT2D eigenvalue weighted by atomic mass is 10.1. The van der Waals surface area contributed by atoms with Crippen LogP contribution in [0.15, 0.2) is 59.6 Å². The molecule has 1 aliphatic heterocycles. The Kier molecular flexibility index (Phi) is 7.06. The Labute approximate surface area is 167 Å². The fourth-order valence-corrected chi connectivity index (χ4v) is 3.44. The lowest BCUT2D eigenvalue weighted by Gasteiger charge is -2.18. The number of nitrogens with zero attached hydrogens (tertiary/aromatic N) is 2. The van der Waals surface area contributed by atoms with Gasteiger partial charge in [0, 0.05) is 26.1 Å². The van der Waals surface area contributed by atoms with Gasteiger partial charge in [0.25, 0.3) is 0 Å². The second-order valence-corrected chi connectivity index (χ2v) is 7.21. The Morgan fingerprint density at radius 2 is 1.93 bits per heavy atom. The molecule has 0 bridgehead atoms. The highest BCUT2D eigenvalue weighted by molar-refractivity contribution is 5.80. The Bertz CT molecular complexity index is 803. The number of nitrogens with one attached hydrogen (secondary N) is 2. The minimum absolute atomic E-state index is 0.173. The van der Waals surface area contributed by atoms with Gasteiger partial charge in [-0.1, -0.05) is 54.6 Å². The van der Waals surface area contributed by atoms with Crippen molar-refractivity contribution >= 4 is 11.9 Å². The lowest BCUT2D eigenvalue weighted by Crippen LogP contribution is -2.38. The van der Waals surface area contributed by atoms with Gasteiger partial charge in [-0.15, -0.1) is 0 Å². The summed E-state index contributed by atoms with van der Waals surface area (Å²) in [7, 11) is 0. The van der Waals surface area contributed by atoms with E-state index in [-0.39, 0.29) is 11.9 Å². The normalized spacial score (nSPS) is 15.6. The summed E-state index contributed by atoms with van der Waals surface area (Å²) >= 11 is 0. The molecule has 1 saturated heterocycles. The summed E-state index contributed by atoms with van der Waals surface area (Å²) in [4.78, 5) is 18.5. The summed E-state index contributed by atoms with van der Waals surface area (Å²) in [6.07, 6.45) is 1.65. The first-order valence-corrected chi connectivity index (χ1v) is 10.1. The smallest absolute Gasteiger partial charge is 0.222 e. The zero-order chi connectivity index (χ0) is 19.8. The molecule has 1 heterocycles. The van der Waals surface area contributed by atoms with Crippen LogP contribution in [0.2, 0.25) is 0 Å². The van der Waals surface area contributed by atoms with E-state index in [2.05, 4.69) is 54.8 Å². The van der Waals surface area contributed by atoms with Gasteiger partial charge in [-0.3, -0.25) is 4.79 Å². The van der Waals surface area contributed by atoms with Gasteiger partial charge in [-0.05, 0) is 37.0 Å². The SMILES string of the molecule is CCNC(=NCc1cccc(CN2CCCC2=O)c1)NC(C)c1ccccc1. The van der Waals surface area contributed by atoms with Gasteiger partial charge >= 0.3 is 0 Å². The number of carbonyl (C=O) groups is 1. The Morgan fingerprint density at radius 1 is 1.14 bits per heavy atom. The number of likely N-dealkylation sites (tertiary alicyclic amines) is 1. The minimum Gasteiger partial charge on any atom is -0.357 e. The van der Waals surface area contributed by atoms with Crippen molar-refractivity contribution in [1.29, 1.82) is 0 Å². The fraction of sp³-hybridized carbons (Fsp3) is 0.391. The molecule has 0 aliphatic carbocycles. The van der Waals surface area contributed by atoms with Crippen molar-refractivity contribution in [2.24, 2.45) is 4.99 Å². The van der Waals surface area contributed by atoms with Crippen LogP contribution in [-0.4, -0.2) is 29.9 Å². The molecule has 28 heavy (non-hydrogen) atoms. The van der Waals surface area contributed by atoms with E-state index in [9.17, 15) is 4.79 Å². The third kappa shape index (κ3) is 5.59. The van der Waals surface area contributed by atoms with Crippen LogP contribution in [0.4, 0.5) is 0 Å². The number of amides is 1. The number of hydrogen-bond acceptors (Lipinski definition) is 2. The molecule has 5 heteroatoms. The van der Waals surface area contributed by atoms with Crippen LogP contribution in [0.25, 0.3) is 0 Å². The highest BCUT2D eigenvalue weighted by atomic mass is 16.2. The summed E-state index contributed by atoms with van der Waals surface area (Å²) in [5.74, 6) is 1.07. The molecule has 1 aliphatic rings. The van der Waals surface area contributed by atoms with Crippen LogP contribution in [0.1, 0.15) is 49.4 Å². The molecule has 2 aromatic rings. The van der Waals surface area contributed by atoms with Gasteiger partial charge in [0.1, 0.15) is 0 Å². The molecule has 5 nitrogen and oxygen atoms in total. The molecule has 2 aromatic carbocycles. The summed E-state index contributed by atoms with van der Waals surface area (Å²) in [5.41, 5.74) is 3.54. The van der Waals surface area contributed by atoms with E-state index in [0.717, 1.165) is 31.0 Å². The van der Waals surface area contributed by atoms with E-state index in [1.165, 1.54) is 11.1 Å². The van der Waals surface area contributed by atoms with Crippen molar-refractivity contribution < 1.29 is 4.79 Å². The number of benzene rings is 2. The molecule has 0 radical (unpaired) electrons. The first-order valence-electron chi connectivity index (χ1n) is 10.1. The molecule has 1 atom stereocenters. The van der Waals surface area contributed by atoms with Crippen molar-refractivity contribution in [3.05, 3.63) is 71.3 Å². The molecule has 0 aromatic heterocycles. The molecule has 0 spiro atoms. The average Bonchev–Trinajstić information content (AvgIpc) is 3.12. The zero-order valence-electron chi connectivity index (χ0n) is 16.8. The van der Waals surface area contributed by atoms with Crippen LogP contribution in [0.3, 0.4) is 0 Å². The number of rotatable bonds is 7. The highest BCUT2D eigenvalue weighted by Crippen LogP contribution is 2.16. The molecule has 0 saturated carbocycles. The first kappa shape index (κ1) is 19.9. The van der Waals surface area contributed by atoms with Gasteiger partial charge in [0.2, 0.25) is 5.91 Å². The number of guanidine groups is 1. The third-order valence-corrected chi connectivity index (χ3v) is 4.95. The van der Waals surface area contributed by atoms with Crippen molar-refractivity contribution in [2.45, 2.75) is 45.8 Å². The topological polar surface area (TPSA) is 56.7 Å². The molecule has 1 amide bonds. The Hall–Kier alpha value is -2.82. The number of aliphatic imine (C=N–C) groups is 1. The molecule has 1 unspecified atom stereocenters. The van der Waals surface area contributed by atoms with Gasteiger partial charge in [0.15, 0.2) is 5.96 Å². The predicted molar refractivity (Wildman–Crippen MR) is 114 cm³/mol. The summed E-state index contributed by atoms with van der Waals surface area (Å²) in [5, 5.41) is 6.79. The maximum Gasteiger partial charge on any atom is 0.222 e. The monoisotopic (exact) mass is 378 g/mol. The second kappa shape index (κ2) is 9.93. The van der Waals surface area contributed by atoms with Gasteiger partial charge < -0.3 is 15.5 Å². The van der Waals surface area contributed by atoms with E-state index in [0.29, 0.717) is 19.5 Å². The molecule has 3 rings (SSSR count). The quantitative estimate of drug-likeness (QED) is 0.571. The van der Waals surface area contributed by atoms with Gasteiger partial charge in [0.05, 0.1) is 12.6 Å². The summed E-state index contributed by atoms with van der Waals surface area (Å²) in [6.45, 7) is 7.17. The van der Waals surface area contributed by atoms with Crippen LogP contribution in [0.5, 0.6) is 0 Å². The van der Waals surface area contributed by atoms with Crippen molar-refractivity contribution in [2.75, 3.05) is 13.1 Å². The number of carbonyl (C=O) groups excluding carboxylic acids is 1. The van der Waals surface area contributed by atoms with Crippen molar-refractivity contribution in [3.63, 3.8) is 0 Å². The maximum atomic E-state index is 11.9. The number of hydrogen-bond donors (Lipinski definition) is 2. The van der Waals surface area contributed by atoms with Crippen LogP contribution >= 0.6 is 0 Å². The lowest BCUT2D eigenvalue weighted by molar-refractivity contribution is -0.128. The predicted octanol–water partition coefficient (Wildman–Crippen LogP) is 3.63. The summed E-state index contributed by atoms with van der Waals surface area (Å²) < 4.78 is 0. The minimum atomic E-state index is 0.173. The van der Waals surface area contributed by atoms with E-state index in [1.54, 1.807) is 0 Å². The average molecular weight is 379 g/mol. The Morgan fingerprint density at radius 3 is 2.64 bits per heavy atom. The maximum absolute atomic E-state index is 11.9. The van der Waals surface area contributed by atoms with E-state index < -0.39 is 0 Å². The molecular formula is C23H30N4O. The Balaban J connectivity index is 1.63. The van der Waals surface area contributed by atoms with E-state index in [1.807, 2.05) is 29.2 Å². The fourth-order valence-electron chi connectivity index (χ4n) is 3.44. The van der Waals surface area contributed by atoms with Crippen molar-refractivity contribution in [3.8, 4) is 0 Å². The van der Waals surface area contributed by atoms with Crippen LogP contribution in [-0.2, 0) is 17.9 Å². The van der Waals surface area contributed by atoms with E-state index in [4.69, 9.17) is 4.99 Å².